The Morgan fingerprint density at radius 1 is 1.19 bits per heavy atom. The van der Waals surface area contributed by atoms with Crippen LogP contribution in [0.25, 0.3) is 0 Å². The summed E-state index contributed by atoms with van der Waals surface area (Å²) in [6.07, 6.45) is 4.77. The Kier molecular flexibility index (Phi) is 4.72. The van der Waals surface area contributed by atoms with Crippen molar-refractivity contribution in [3.8, 4) is 0 Å². The number of hydrogen-bond donors (Lipinski definition) is 1. The maximum Gasteiger partial charge on any atom is 0.230 e. The van der Waals surface area contributed by atoms with Gasteiger partial charge in [-0.15, -0.1) is 0 Å². The van der Waals surface area contributed by atoms with E-state index in [0.29, 0.717) is 5.95 Å². The van der Waals surface area contributed by atoms with Crippen LogP contribution < -0.4 is 10.6 Å². The number of aromatic nitrogens is 2. The molecule has 0 saturated carbocycles. The Bertz CT molecular complexity index is 801. The lowest BCUT2D eigenvalue weighted by atomic mass is 9.67. The van der Waals surface area contributed by atoms with Crippen molar-refractivity contribution in [1.29, 1.82) is 0 Å². The molecule has 4 rings (SSSR count). The number of nitrogens with zero attached hydrogens (tertiary/aromatic N) is 4. The second-order valence-corrected chi connectivity index (χ2v) is 7.78. The van der Waals surface area contributed by atoms with Crippen LogP contribution in [0.4, 0.5) is 11.8 Å². The topological polar surface area (TPSA) is 75.3 Å². The second-order valence-electron chi connectivity index (χ2n) is 7.78. The monoisotopic (exact) mass is 365 g/mol. The average molecular weight is 365 g/mol. The van der Waals surface area contributed by atoms with Gasteiger partial charge in [-0.2, -0.15) is 4.98 Å². The summed E-state index contributed by atoms with van der Waals surface area (Å²) in [5.74, 6) is 1.47. The van der Waals surface area contributed by atoms with Crippen LogP contribution in [0.3, 0.4) is 0 Å². The van der Waals surface area contributed by atoms with Crippen LogP contribution in [0.2, 0.25) is 0 Å². The lowest BCUT2D eigenvalue weighted by Gasteiger charge is -2.50. The Hall–Kier alpha value is -2.63. The normalized spacial score (nSPS) is 22.3. The van der Waals surface area contributed by atoms with Crippen LogP contribution in [0.1, 0.15) is 37.7 Å². The number of carbonyl (C=O) groups excluding carboxylic acids is 1. The Morgan fingerprint density at radius 3 is 2.59 bits per heavy atom. The van der Waals surface area contributed by atoms with Crippen LogP contribution in [-0.4, -0.2) is 47.0 Å². The van der Waals surface area contributed by atoms with Crippen molar-refractivity contribution < 1.29 is 4.79 Å². The van der Waals surface area contributed by atoms with E-state index in [4.69, 9.17) is 5.73 Å². The van der Waals surface area contributed by atoms with E-state index in [9.17, 15) is 4.79 Å². The van der Waals surface area contributed by atoms with Crippen molar-refractivity contribution in [2.45, 2.75) is 32.1 Å². The van der Waals surface area contributed by atoms with Gasteiger partial charge in [0.25, 0.3) is 0 Å². The van der Waals surface area contributed by atoms with Crippen molar-refractivity contribution in [3.63, 3.8) is 0 Å². The van der Waals surface area contributed by atoms with Crippen LogP contribution >= 0.6 is 0 Å². The molecule has 142 valence electrons. The number of amides is 1. The fraction of sp³-hybridized carbons (Fsp3) is 0.476. The summed E-state index contributed by atoms with van der Waals surface area (Å²) >= 11 is 0. The molecule has 6 heteroatoms. The molecule has 2 aliphatic rings. The summed E-state index contributed by atoms with van der Waals surface area (Å²) in [7, 11) is 0. The fourth-order valence-electron chi connectivity index (χ4n) is 4.61. The molecular formula is C21H27N5O. The van der Waals surface area contributed by atoms with Gasteiger partial charge in [0.05, 0.1) is 5.92 Å². The minimum atomic E-state index is -0.0267. The first-order valence-electron chi connectivity index (χ1n) is 9.77. The zero-order valence-electron chi connectivity index (χ0n) is 15.8. The van der Waals surface area contributed by atoms with Crippen molar-refractivity contribution in [2.24, 2.45) is 5.41 Å². The van der Waals surface area contributed by atoms with Crippen LogP contribution in [0.5, 0.6) is 0 Å². The molecule has 2 saturated heterocycles. The maximum atomic E-state index is 13.0. The van der Waals surface area contributed by atoms with E-state index in [0.717, 1.165) is 56.8 Å². The van der Waals surface area contributed by atoms with Gasteiger partial charge in [-0.3, -0.25) is 4.79 Å². The molecule has 0 bridgehead atoms. The number of rotatable bonds is 3. The van der Waals surface area contributed by atoms with Crippen molar-refractivity contribution in [2.75, 3.05) is 36.8 Å². The molecule has 1 spiro atoms. The number of nitrogens with two attached hydrogens (primary N) is 1. The molecule has 1 atom stereocenters. The number of carbonyl (C=O) groups is 1. The average Bonchev–Trinajstić information content (AvgIpc) is 2.71. The zero-order valence-corrected chi connectivity index (χ0v) is 15.8. The number of benzene rings is 1. The minimum Gasteiger partial charge on any atom is -0.368 e. The summed E-state index contributed by atoms with van der Waals surface area (Å²) in [5.41, 5.74) is 7.07. The van der Waals surface area contributed by atoms with Gasteiger partial charge in [0.2, 0.25) is 11.9 Å². The van der Waals surface area contributed by atoms with Gasteiger partial charge in [0.1, 0.15) is 5.82 Å². The summed E-state index contributed by atoms with van der Waals surface area (Å²) in [4.78, 5) is 25.7. The lowest BCUT2D eigenvalue weighted by molar-refractivity contribution is -0.140. The van der Waals surface area contributed by atoms with E-state index in [1.165, 1.54) is 0 Å². The smallest absolute Gasteiger partial charge is 0.230 e. The number of nitrogen functional groups attached to an aromatic ring is 1. The first-order chi connectivity index (χ1) is 13.1. The highest BCUT2D eigenvalue weighted by Gasteiger charge is 2.45. The van der Waals surface area contributed by atoms with Gasteiger partial charge < -0.3 is 15.5 Å². The first kappa shape index (κ1) is 17.8. The number of hydrogen-bond acceptors (Lipinski definition) is 5. The summed E-state index contributed by atoms with van der Waals surface area (Å²) in [6.45, 7) is 5.59. The quantitative estimate of drug-likeness (QED) is 0.905. The highest BCUT2D eigenvalue weighted by Crippen LogP contribution is 2.46. The second kappa shape index (κ2) is 7.18. The molecule has 1 unspecified atom stereocenters. The molecule has 6 nitrogen and oxygen atoms in total. The third kappa shape index (κ3) is 3.48. The third-order valence-corrected chi connectivity index (χ3v) is 6.16. The molecule has 27 heavy (non-hydrogen) atoms. The standard InChI is InChI=1S/C21H27N5O/c1-2-25-15-21(14-17(19(25)27)16-6-4-3-5-7-16)9-12-26(13-10-21)18-8-11-23-20(22)24-18/h3-8,11,17H,2,9-10,12-15H2,1H3,(H2,22,23,24). The molecule has 2 N–H and O–H groups in total. The molecular weight excluding hydrogens is 338 g/mol. The summed E-state index contributed by atoms with van der Waals surface area (Å²) < 4.78 is 0. The van der Waals surface area contributed by atoms with E-state index in [1.54, 1.807) is 6.20 Å². The van der Waals surface area contributed by atoms with E-state index >= 15 is 0 Å². The maximum absolute atomic E-state index is 13.0. The van der Waals surface area contributed by atoms with E-state index in [2.05, 4.69) is 38.8 Å². The largest absolute Gasteiger partial charge is 0.368 e. The summed E-state index contributed by atoms with van der Waals surface area (Å²) in [5, 5.41) is 0. The van der Waals surface area contributed by atoms with E-state index in [-0.39, 0.29) is 17.2 Å². The van der Waals surface area contributed by atoms with Gasteiger partial charge in [0.15, 0.2) is 0 Å². The van der Waals surface area contributed by atoms with Crippen LogP contribution in [0, 0.1) is 5.41 Å². The van der Waals surface area contributed by atoms with Crippen molar-refractivity contribution >= 4 is 17.7 Å². The lowest BCUT2D eigenvalue weighted by Crippen LogP contribution is -2.54. The predicted molar refractivity (Wildman–Crippen MR) is 106 cm³/mol. The molecule has 0 radical (unpaired) electrons. The highest BCUT2D eigenvalue weighted by atomic mass is 16.2. The molecule has 2 aliphatic heterocycles. The number of likely N-dealkylation sites (N-methyl/N-ethyl adjacent to an activating group) is 1. The van der Waals surface area contributed by atoms with E-state index in [1.807, 2.05) is 24.3 Å². The van der Waals surface area contributed by atoms with Crippen LogP contribution in [0.15, 0.2) is 42.6 Å². The molecule has 1 amide bonds. The van der Waals surface area contributed by atoms with Gasteiger partial charge in [-0.1, -0.05) is 30.3 Å². The molecule has 1 aromatic heterocycles. The Labute approximate surface area is 160 Å². The van der Waals surface area contributed by atoms with Crippen LogP contribution in [-0.2, 0) is 4.79 Å². The number of anilines is 2. The van der Waals surface area contributed by atoms with Gasteiger partial charge >= 0.3 is 0 Å². The Balaban J connectivity index is 1.53. The highest BCUT2D eigenvalue weighted by molar-refractivity contribution is 5.84. The molecule has 3 heterocycles. The minimum absolute atomic E-state index is 0.0267. The van der Waals surface area contributed by atoms with Gasteiger partial charge in [-0.25, -0.2) is 4.98 Å². The van der Waals surface area contributed by atoms with Gasteiger partial charge in [-0.05, 0) is 43.2 Å². The summed E-state index contributed by atoms with van der Waals surface area (Å²) in [6, 6.07) is 12.2. The predicted octanol–water partition coefficient (Wildman–Crippen LogP) is 2.68. The first-order valence-corrected chi connectivity index (χ1v) is 9.77. The fourth-order valence-corrected chi connectivity index (χ4v) is 4.61. The third-order valence-electron chi connectivity index (χ3n) is 6.16. The number of piperidine rings is 2. The SMILES string of the molecule is CCN1CC2(CCN(c3ccnc(N)n3)CC2)CC(c2ccccc2)C1=O. The molecule has 2 fully saturated rings. The van der Waals surface area contributed by atoms with Crippen molar-refractivity contribution in [1.82, 2.24) is 14.9 Å². The molecule has 1 aromatic carbocycles. The van der Waals surface area contributed by atoms with E-state index < -0.39 is 0 Å². The van der Waals surface area contributed by atoms with Gasteiger partial charge in [0, 0.05) is 32.4 Å². The Morgan fingerprint density at radius 2 is 1.93 bits per heavy atom. The number of likely N-dealkylation sites (tertiary alicyclic amines) is 1. The molecule has 2 aromatic rings. The zero-order chi connectivity index (χ0) is 18.9. The van der Waals surface area contributed by atoms with Crippen molar-refractivity contribution in [3.05, 3.63) is 48.2 Å². The molecule has 0 aliphatic carbocycles.